The molecule has 1 atom stereocenters. The van der Waals surface area contributed by atoms with Gasteiger partial charge in [0.15, 0.2) is 9.84 Å². The third-order valence-electron chi connectivity index (χ3n) is 3.14. The molecule has 19 heavy (non-hydrogen) atoms. The fraction of sp³-hybridized carbons (Fsp3) is 0.571. The number of ether oxygens (including phenoxy) is 1. The minimum Gasteiger partial charge on any atom is -0.493 e. The van der Waals surface area contributed by atoms with E-state index in [1.807, 2.05) is 31.3 Å². The van der Waals surface area contributed by atoms with Crippen LogP contribution in [0, 0.1) is 0 Å². The second-order valence-corrected chi connectivity index (χ2v) is 6.88. The van der Waals surface area contributed by atoms with Crippen LogP contribution in [0.25, 0.3) is 0 Å². The molecule has 0 spiro atoms. The normalized spacial score (nSPS) is 13.2. The van der Waals surface area contributed by atoms with Gasteiger partial charge in [0.25, 0.3) is 0 Å². The molecule has 0 amide bonds. The average Bonchev–Trinajstić information content (AvgIpc) is 2.42. The minimum atomic E-state index is -2.95. The van der Waals surface area contributed by atoms with E-state index < -0.39 is 9.84 Å². The lowest BCUT2D eigenvalue weighted by molar-refractivity contribution is 0.340. The monoisotopic (exact) mass is 285 g/mol. The highest BCUT2D eigenvalue weighted by Crippen LogP contribution is 2.19. The summed E-state index contributed by atoms with van der Waals surface area (Å²) in [6.07, 6.45) is 1.02. The Morgan fingerprint density at radius 3 is 2.32 bits per heavy atom. The van der Waals surface area contributed by atoms with Crippen LogP contribution in [-0.2, 0) is 9.84 Å². The second-order valence-electron chi connectivity index (χ2n) is 4.40. The van der Waals surface area contributed by atoms with Crippen molar-refractivity contribution < 1.29 is 13.2 Å². The van der Waals surface area contributed by atoms with E-state index in [-0.39, 0.29) is 18.1 Å². The van der Waals surface area contributed by atoms with Crippen molar-refractivity contribution in [3.8, 4) is 5.75 Å². The molecule has 1 rings (SSSR count). The van der Waals surface area contributed by atoms with Gasteiger partial charge in [0.2, 0.25) is 0 Å². The van der Waals surface area contributed by atoms with Crippen LogP contribution in [0.1, 0.15) is 31.9 Å². The maximum atomic E-state index is 11.3. The van der Waals surface area contributed by atoms with Crippen molar-refractivity contribution in [1.29, 1.82) is 0 Å². The van der Waals surface area contributed by atoms with E-state index in [2.05, 4.69) is 12.2 Å². The van der Waals surface area contributed by atoms with Crippen LogP contribution in [0.4, 0.5) is 0 Å². The minimum absolute atomic E-state index is 0.0688. The third kappa shape index (κ3) is 5.20. The molecule has 0 aliphatic rings. The van der Waals surface area contributed by atoms with E-state index in [4.69, 9.17) is 4.74 Å². The molecule has 0 bridgehead atoms. The first-order valence-electron chi connectivity index (χ1n) is 6.62. The first-order chi connectivity index (χ1) is 9.02. The Balaban J connectivity index is 2.53. The molecule has 1 aromatic carbocycles. The van der Waals surface area contributed by atoms with Gasteiger partial charge >= 0.3 is 0 Å². The maximum absolute atomic E-state index is 11.3. The van der Waals surface area contributed by atoms with Crippen LogP contribution in [0.5, 0.6) is 5.75 Å². The molecule has 0 aromatic heterocycles. The van der Waals surface area contributed by atoms with Gasteiger partial charge in [-0.3, -0.25) is 0 Å². The molecule has 1 N–H and O–H groups in total. The lowest BCUT2D eigenvalue weighted by Crippen LogP contribution is -2.16. The van der Waals surface area contributed by atoms with Crippen LogP contribution in [0.2, 0.25) is 0 Å². The van der Waals surface area contributed by atoms with Crippen LogP contribution in [0.15, 0.2) is 24.3 Å². The van der Waals surface area contributed by atoms with Gasteiger partial charge in [-0.1, -0.05) is 26.0 Å². The van der Waals surface area contributed by atoms with Gasteiger partial charge in [0, 0.05) is 11.8 Å². The summed E-state index contributed by atoms with van der Waals surface area (Å²) >= 11 is 0. The van der Waals surface area contributed by atoms with Crippen molar-refractivity contribution in [2.45, 2.75) is 26.3 Å². The Labute approximate surface area is 116 Å². The van der Waals surface area contributed by atoms with Crippen molar-refractivity contribution in [2.75, 3.05) is 25.2 Å². The summed E-state index contributed by atoms with van der Waals surface area (Å²) in [5.41, 5.74) is 1.21. The van der Waals surface area contributed by atoms with Crippen LogP contribution in [-0.4, -0.2) is 33.6 Å². The fourth-order valence-corrected chi connectivity index (χ4v) is 2.46. The predicted octanol–water partition coefficient (Wildman–Crippen LogP) is 2.17. The Bertz CT molecular complexity index is 464. The molecule has 0 fully saturated rings. The van der Waals surface area contributed by atoms with Gasteiger partial charge in [0.1, 0.15) is 12.4 Å². The zero-order valence-electron chi connectivity index (χ0n) is 11.8. The number of hydrogen-bond acceptors (Lipinski definition) is 4. The zero-order chi connectivity index (χ0) is 14.3. The molecule has 5 heteroatoms. The van der Waals surface area contributed by atoms with Crippen LogP contribution < -0.4 is 10.1 Å². The highest BCUT2D eigenvalue weighted by Gasteiger charge is 2.08. The molecule has 1 aromatic rings. The topological polar surface area (TPSA) is 55.4 Å². The van der Waals surface area contributed by atoms with Crippen LogP contribution in [0.3, 0.4) is 0 Å². The fourth-order valence-electron chi connectivity index (χ4n) is 1.83. The highest BCUT2D eigenvalue weighted by atomic mass is 32.2. The number of nitrogens with one attached hydrogen (secondary N) is 1. The second kappa shape index (κ2) is 7.50. The summed E-state index contributed by atoms with van der Waals surface area (Å²) in [6.45, 7) is 3.98. The smallest absolute Gasteiger partial charge is 0.153 e. The zero-order valence-corrected chi connectivity index (χ0v) is 12.7. The summed E-state index contributed by atoms with van der Waals surface area (Å²) in [5, 5.41) is 3.24. The molecular formula is C14H23NO3S. The Morgan fingerprint density at radius 1 is 1.21 bits per heavy atom. The van der Waals surface area contributed by atoms with Crippen molar-refractivity contribution in [3.05, 3.63) is 29.8 Å². The van der Waals surface area contributed by atoms with Gasteiger partial charge in [-0.15, -0.1) is 0 Å². The van der Waals surface area contributed by atoms with E-state index in [9.17, 15) is 8.42 Å². The molecule has 1 unspecified atom stereocenters. The largest absolute Gasteiger partial charge is 0.493 e. The van der Waals surface area contributed by atoms with Gasteiger partial charge in [-0.2, -0.15) is 0 Å². The molecule has 0 saturated carbocycles. The van der Waals surface area contributed by atoms with E-state index in [1.165, 1.54) is 5.56 Å². The van der Waals surface area contributed by atoms with Crippen molar-refractivity contribution in [2.24, 2.45) is 0 Å². The molecule has 108 valence electrons. The summed E-state index contributed by atoms with van der Waals surface area (Å²) in [7, 11) is -1.02. The summed E-state index contributed by atoms with van der Waals surface area (Å²) in [4.78, 5) is 0. The SMILES string of the molecule is CCC(NC)c1ccc(OCCS(=O)(=O)CC)cc1. The number of benzene rings is 1. The van der Waals surface area contributed by atoms with Gasteiger partial charge in [-0.25, -0.2) is 8.42 Å². The average molecular weight is 285 g/mol. The Kier molecular flexibility index (Phi) is 6.31. The Hall–Kier alpha value is -1.07. The molecule has 0 saturated heterocycles. The highest BCUT2D eigenvalue weighted by molar-refractivity contribution is 7.91. The Morgan fingerprint density at radius 2 is 1.84 bits per heavy atom. The first-order valence-corrected chi connectivity index (χ1v) is 8.45. The van der Waals surface area contributed by atoms with E-state index in [0.717, 1.165) is 6.42 Å². The van der Waals surface area contributed by atoms with Crippen molar-refractivity contribution >= 4 is 9.84 Å². The first kappa shape index (κ1) is 16.0. The number of hydrogen-bond donors (Lipinski definition) is 1. The third-order valence-corrected chi connectivity index (χ3v) is 4.81. The lowest BCUT2D eigenvalue weighted by atomic mass is 10.1. The van der Waals surface area contributed by atoms with Gasteiger partial charge in [0.05, 0.1) is 5.75 Å². The molecule has 0 aliphatic carbocycles. The molecule has 0 radical (unpaired) electrons. The predicted molar refractivity (Wildman–Crippen MR) is 78.4 cm³/mol. The summed E-state index contributed by atoms with van der Waals surface area (Å²) < 4.78 is 28.1. The van der Waals surface area contributed by atoms with Crippen molar-refractivity contribution in [3.63, 3.8) is 0 Å². The number of sulfone groups is 1. The molecule has 0 aliphatic heterocycles. The van der Waals surface area contributed by atoms with Gasteiger partial charge in [-0.05, 0) is 31.2 Å². The van der Waals surface area contributed by atoms with Gasteiger partial charge < -0.3 is 10.1 Å². The summed E-state index contributed by atoms with van der Waals surface area (Å²) in [6, 6.07) is 8.12. The number of rotatable bonds is 8. The van der Waals surface area contributed by atoms with E-state index in [0.29, 0.717) is 11.8 Å². The van der Waals surface area contributed by atoms with E-state index in [1.54, 1.807) is 6.92 Å². The molecular weight excluding hydrogens is 262 g/mol. The van der Waals surface area contributed by atoms with E-state index >= 15 is 0 Å². The summed E-state index contributed by atoms with van der Waals surface area (Å²) in [5.74, 6) is 0.940. The standard InChI is InChI=1S/C14H23NO3S/c1-4-14(15-3)12-6-8-13(9-7-12)18-10-11-19(16,17)5-2/h6-9,14-15H,4-5,10-11H2,1-3H3. The lowest BCUT2D eigenvalue weighted by Gasteiger charge is -2.14. The van der Waals surface area contributed by atoms with Crippen molar-refractivity contribution in [1.82, 2.24) is 5.32 Å². The molecule has 0 heterocycles. The molecule has 4 nitrogen and oxygen atoms in total. The maximum Gasteiger partial charge on any atom is 0.153 e. The quantitative estimate of drug-likeness (QED) is 0.795. The van der Waals surface area contributed by atoms with Crippen LogP contribution >= 0.6 is 0 Å².